The average Bonchev–Trinajstić information content (AvgIpc) is 2.85. The lowest BCUT2D eigenvalue weighted by Gasteiger charge is -2.31. The van der Waals surface area contributed by atoms with Gasteiger partial charge in [-0.3, -0.25) is 0 Å². The Hall–Kier alpha value is -0.180. The molecule has 0 saturated heterocycles. The van der Waals surface area contributed by atoms with E-state index in [4.69, 9.17) is 11.6 Å². The van der Waals surface area contributed by atoms with Crippen LogP contribution in [0.4, 0.5) is 0 Å². The maximum Gasteiger partial charge on any atom is 0.250 e. The molecule has 0 aromatic carbocycles. The van der Waals surface area contributed by atoms with Gasteiger partial charge in [0.05, 0.1) is 17.0 Å². The highest BCUT2D eigenvalue weighted by atomic mass is 35.5. The van der Waals surface area contributed by atoms with Crippen molar-refractivity contribution in [3.63, 3.8) is 0 Å². The van der Waals surface area contributed by atoms with Gasteiger partial charge in [-0.25, -0.2) is 13.1 Å². The Morgan fingerprint density at radius 3 is 2.50 bits per heavy atom. The van der Waals surface area contributed by atoms with E-state index in [0.717, 1.165) is 11.3 Å². The predicted octanol–water partition coefficient (Wildman–Crippen LogP) is 1.59. The number of nitrogens with one attached hydrogen (secondary N) is 1. The largest absolute Gasteiger partial charge is 0.395 e. The first-order valence-electron chi connectivity index (χ1n) is 6.49. The summed E-state index contributed by atoms with van der Waals surface area (Å²) in [6.45, 7) is -0.251. The van der Waals surface area contributed by atoms with E-state index in [1.807, 2.05) is 0 Å². The van der Waals surface area contributed by atoms with Crippen molar-refractivity contribution < 1.29 is 18.6 Å². The Morgan fingerprint density at radius 2 is 2.00 bits per heavy atom. The minimum absolute atomic E-state index is 0.0496. The normalized spacial score (nSPS) is 25.6. The molecule has 5 nitrogen and oxygen atoms in total. The van der Waals surface area contributed by atoms with Crippen molar-refractivity contribution in [1.82, 2.24) is 4.72 Å². The van der Waals surface area contributed by atoms with E-state index in [-0.39, 0.29) is 22.8 Å². The summed E-state index contributed by atoms with van der Waals surface area (Å²) in [5.41, 5.74) is 0. The van der Waals surface area contributed by atoms with Crippen molar-refractivity contribution in [2.24, 2.45) is 5.92 Å². The smallest absolute Gasteiger partial charge is 0.250 e. The minimum Gasteiger partial charge on any atom is -0.395 e. The third kappa shape index (κ3) is 3.93. The molecule has 0 amide bonds. The molecule has 1 heterocycles. The van der Waals surface area contributed by atoms with Gasteiger partial charge >= 0.3 is 0 Å². The molecular weight excluding hydrogens is 322 g/mol. The molecule has 0 bridgehead atoms. The number of thiophene rings is 1. The molecule has 1 aliphatic carbocycles. The number of hydrogen-bond acceptors (Lipinski definition) is 5. The molecule has 0 spiro atoms. The fraction of sp³-hybridized carbons (Fsp3) is 0.667. The number of hydrogen-bond donors (Lipinski definition) is 3. The molecule has 0 aliphatic heterocycles. The molecule has 3 N–H and O–H groups in total. The first-order chi connectivity index (χ1) is 9.42. The van der Waals surface area contributed by atoms with Crippen LogP contribution in [0.3, 0.4) is 0 Å². The third-order valence-electron chi connectivity index (χ3n) is 3.63. The summed E-state index contributed by atoms with van der Waals surface area (Å²) in [5.74, 6) is 0.0496. The maximum absolute atomic E-state index is 12.2. The van der Waals surface area contributed by atoms with E-state index >= 15 is 0 Å². The van der Waals surface area contributed by atoms with Gasteiger partial charge in [-0.1, -0.05) is 11.6 Å². The second-order valence-corrected chi connectivity index (χ2v) is 8.69. The van der Waals surface area contributed by atoms with Gasteiger partial charge in [0.25, 0.3) is 0 Å². The zero-order valence-corrected chi connectivity index (χ0v) is 13.2. The molecule has 1 aromatic heterocycles. The molecule has 0 radical (unpaired) electrons. The Morgan fingerprint density at radius 1 is 1.35 bits per heavy atom. The summed E-state index contributed by atoms with van der Waals surface area (Å²) in [6, 6.07) is 2.47. The van der Waals surface area contributed by atoms with Gasteiger partial charge in [0, 0.05) is 6.04 Å². The molecular formula is C12H18ClNO4S2. The zero-order chi connectivity index (χ0) is 14.8. The zero-order valence-electron chi connectivity index (χ0n) is 10.8. The fourth-order valence-corrected chi connectivity index (χ4v) is 5.28. The molecule has 20 heavy (non-hydrogen) atoms. The lowest BCUT2D eigenvalue weighted by atomic mass is 9.83. The van der Waals surface area contributed by atoms with Crippen LogP contribution in [-0.4, -0.2) is 37.4 Å². The topological polar surface area (TPSA) is 86.6 Å². The van der Waals surface area contributed by atoms with Crippen LogP contribution in [-0.2, 0) is 10.0 Å². The molecule has 1 atom stereocenters. The van der Waals surface area contributed by atoms with Crippen molar-refractivity contribution >= 4 is 33.0 Å². The predicted molar refractivity (Wildman–Crippen MR) is 78.5 cm³/mol. The van der Waals surface area contributed by atoms with Crippen LogP contribution in [0.1, 0.15) is 25.7 Å². The maximum atomic E-state index is 12.2. The van der Waals surface area contributed by atoms with E-state index in [1.165, 1.54) is 12.1 Å². The van der Waals surface area contributed by atoms with Gasteiger partial charge in [-0.15, -0.1) is 11.3 Å². The molecule has 8 heteroatoms. The molecule has 1 aromatic rings. The van der Waals surface area contributed by atoms with Gasteiger partial charge in [0.2, 0.25) is 10.0 Å². The van der Waals surface area contributed by atoms with Gasteiger partial charge in [0.15, 0.2) is 0 Å². The number of halogens is 1. The number of aliphatic hydroxyl groups is 2. The highest BCUT2D eigenvalue weighted by molar-refractivity contribution is 7.91. The van der Waals surface area contributed by atoms with E-state index in [1.54, 1.807) is 0 Å². The standard InChI is InChI=1S/C12H18ClNO4S2/c13-11-5-6-12(19-11)20(17,18)14-10(7-15)8-1-3-9(16)4-2-8/h5-6,8-10,14-16H,1-4,7H2/t8?,9?,10-/m1/s1. The second kappa shape index (κ2) is 6.72. The van der Waals surface area contributed by atoms with Crippen LogP contribution in [0.2, 0.25) is 4.34 Å². The summed E-state index contributed by atoms with van der Waals surface area (Å²) in [6.07, 6.45) is 2.40. The first-order valence-corrected chi connectivity index (χ1v) is 9.16. The van der Waals surface area contributed by atoms with Crippen LogP contribution in [0.15, 0.2) is 16.3 Å². The Labute approximate surface area is 127 Å². The van der Waals surface area contributed by atoms with Crippen molar-refractivity contribution in [2.45, 2.75) is 42.0 Å². The minimum atomic E-state index is -3.65. The summed E-state index contributed by atoms with van der Waals surface area (Å²) in [5, 5.41) is 18.9. The van der Waals surface area contributed by atoms with Crippen LogP contribution < -0.4 is 4.72 Å². The average molecular weight is 340 g/mol. The highest BCUT2D eigenvalue weighted by Crippen LogP contribution is 2.29. The molecule has 2 rings (SSSR count). The lowest BCUT2D eigenvalue weighted by molar-refractivity contribution is 0.0892. The van der Waals surface area contributed by atoms with Crippen LogP contribution in [0, 0.1) is 5.92 Å². The summed E-state index contributed by atoms with van der Waals surface area (Å²) >= 11 is 6.74. The SMILES string of the molecule is O=S(=O)(N[C@H](CO)C1CCC(O)CC1)c1ccc(Cl)s1. The van der Waals surface area contributed by atoms with E-state index in [9.17, 15) is 18.6 Å². The monoisotopic (exact) mass is 339 g/mol. The van der Waals surface area contributed by atoms with Crippen molar-refractivity contribution in [3.8, 4) is 0 Å². The Kier molecular flexibility index (Phi) is 5.44. The summed E-state index contributed by atoms with van der Waals surface area (Å²) in [4.78, 5) is 0. The molecule has 1 aliphatic rings. The number of aliphatic hydroxyl groups excluding tert-OH is 2. The van der Waals surface area contributed by atoms with E-state index in [2.05, 4.69) is 4.72 Å². The van der Waals surface area contributed by atoms with Crippen molar-refractivity contribution in [3.05, 3.63) is 16.5 Å². The van der Waals surface area contributed by atoms with E-state index < -0.39 is 16.1 Å². The van der Waals surface area contributed by atoms with Crippen LogP contribution >= 0.6 is 22.9 Å². The fourth-order valence-electron chi connectivity index (χ4n) is 2.49. The lowest BCUT2D eigenvalue weighted by Crippen LogP contribution is -2.44. The Bertz CT molecular complexity index is 537. The quantitative estimate of drug-likeness (QED) is 0.760. The van der Waals surface area contributed by atoms with Crippen molar-refractivity contribution in [1.29, 1.82) is 0 Å². The third-order valence-corrected chi connectivity index (χ3v) is 6.84. The molecule has 114 valence electrons. The first kappa shape index (κ1) is 16.2. The second-order valence-electron chi connectivity index (χ2n) is 5.04. The van der Waals surface area contributed by atoms with Crippen LogP contribution in [0.25, 0.3) is 0 Å². The molecule has 1 fully saturated rings. The van der Waals surface area contributed by atoms with Crippen LogP contribution in [0.5, 0.6) is 0 Å². The highest BCUT2D eigenvalue weighted by Gasteiger charge is 2.30. The van der Waals surface area contributed by atoms with Gasteiger partial charge in [0.1, 0.15) is 4.21 Å². The molecule has 0 unspecified atom stereocenters. The van der Waals surface area contributed by atoms with Gasteiger partial charge in [-0.05, 0) is 43.7 Å². The summed E-state index contributed by atoms with van der Waals surface area (Å²) in [7, 11) is -3.65. The Balaban J connectivity index is 2.06. The van der Waals surface area contributed by atoms with E-state index in [0.29, 0.717) is 30.0 Å². The van der Waals surface area contributed by atoms with Gasteiger partial charge < -0.3 is 10.2 Å². The number of sulfonamides is 1. The molecule has 1 saturated carbocycles. The van der Waals surface area contributed by atoms with Crippen molar-refractivity contribution in [2.75, 3.05) is 6.61 Å². The number of rotatable bonds is 5. The van der Waals surface area contributed by atoms with Gasteiger partial charge in [-0.2, -0.15) is 0 Å². The summed E-state index contributed by atoms with van der Waals surface area (Å²) < 4.78 is 27.5.